The highest BCUT2D eigenvalue weighted by atomic mass is 79.9. The molecule has 0 heterocycles. The zero-order valence-corrected chi connectivity index (χ0v) is 8.46. The zero-order chi connectivity index (χ0) is 9.78. The fraction of sp³-hybridized carbons (Fsp3) is 0.833. The Balaban J connectivity index is 3.92. The molecule has 0 unspecified atom stereocenters. The summed E-state index contributed by atoms with van der Waals surface area (Å²) in [7, 11) is 0. The van der Waals surface area contributed by atoms with Gasteiger partial charge in [0.1, 0.15) is 5.33 Å². The first-order valence-electron chi connectivity index (χ1n) is 3.26. The Kier molecular flexibility index (Phi) is 4.16. The Morgan fingerprint density at radius 1 is 1.67 bits per heavy atom. The van der Waals surface area contributed by atoms with Crippen LogP contribution >= 0.6 is 15.9 Å². The van der Waals surface area contributed by atoms with Crippen molar-refractivity contribution in [1.82, 2.24) is 0 Å². The summed E-state index contributed by atoms with van der Waals surface area (Å²) in [6.45, 7) is 2.59. The van der Waals surface area contributed by atoms with E-state index in [1.54, 1.807) is 0 Å². The van der Waals surface area contributed by atoms with Crippen LogP contribution in [-0.4, -0.2) is 28.4 Å². The summed E-state index contributed by atoms with van der Waals surface area (Å²) in [6.07, 6.45) is 0. The lowest BCUT2D eigenvalue weighted by Crippen LogP contribution is -2.37. The Morgan fingerprint density at radius 2 is 2.17 bits per heavy atom. The van der Waals surface area contributed by atoms with E-state index in [1.165, 1.54) is 13.8 Å². The summed E-state index contributed by atoms with van der Waals surface area (Å²) in [5.74, 6) is -0.495. The van der Waals surface area contributed by atoms with E-state index in [9.17, 15) is 14.9 Å². The average molecular weight is 240 g/mol. The van der Waals surface area contributed by atoms with Crippen LogP contribution in [0.25, 0.3) is 0 Å². The van der Waals surface area contributed by atoms with Crippen LogP contribution in [0.15, 0.2) is 0 Å². The first-order valence-corrected chi connectivity index (χ1v) is 4.38. The maximum absolute atomic E-state index is 10.6. The number of ether oxygens (including phenoxy) is 1. The molecule has 0 aliphatic rings. The molecule has 0 aliphatic carbocycles. The average Bonchev–Trinajstić information content (AvgIpc) is 2.00. The van der Waals surface area contributed by atoms with Gasteiger partial charge in [0, 0.05) is 18.8 Å². The van der Waals surface area contributed by atoms with Crippen molar-refractivity contribution in [2.45, 2.75) is 19.4 Å². The molecule has 0 N–H and O–H groups in total. The van der Waals surface area contributed by atoms with E-state index in [4.69, 9.17) is 0 Å². The fourth-order valence-electron chi connectivity index (χ4n) is 0.348. The molecule has 0 saturated heterocycles. The number of carbonyl (C=O) groups is 1. The molecule has 0 aliphatic heterocycles. The zero-order valence-electron chi connectivity index (χ0n) is 6.87. The van der Waals surface area contributed by atoms with E-state index < -0.39 is 16.4 Å². The van der Waals surface area contributed by atoms with Crippen LogP contribution in [0.5, 0.6) is 0 Å². The van der Waals surface area contributed by atoms with Crippen LogP contribution in [0.3, 0.4) is 0 Å². The van der Waals surface area contributed by atoms with Crippen molar-refractivity contribution < 1.29 is 14.5 Å². The minimum Gasteiger partial charge on any atom is -0.457 e. The molecule has 6 heteroatoms. The lowest BCUT2D eigenvalue weighted by molar-refractivity contribution is -0.563. The number of carbonyl (C=O) groups excluding carboxylic acids is 1. The number of hydrogen-bond donors (Lipinski definition) is 0. The van der Waals surface area contributed by atoms with Crippen molar-refractivity contribution in [1.29, 1.82) is 0 Å². The summed E-state index contributed by atoms with van der Waals surface area (Å²) < 4.78 is 4.59. The van der Waals surface area contributed by atoms with Gasteiger partial charge < -0.3 is 4.74 Å². The lowest BCUT2D eigenvalue weighted by atomic mass is 10.1. The van der Waals surface area contributed by atoms with Gasteiger partial charge in [0.05, 0.1) is 0 Å². The molecule has 0 atom stereocenters. The molecule has 0 radical (unpaired) electrons. The smallest absolute Gasteiger partial charge is 0.316 e. The number of esters is 1. The first-order chi connectivity index (χ1) is 5.40. The predicted octanol–water partition coefficient (Wildman–Crippen LogP) is 0.980. The van der Waals surface area contributed by atoms with Crippen LogP contribution in [-0.2, 0) is 9.53 Å². The predicted molar refractivity (Wildman–Crippen MR) is 45.8 cm³/mol. The van der Waals surface area contributed by atoms with Gasteiger partial charge in [0.25, 0.3) is 0 Å². The van der Waals surface area contributed by atoms with Crippen LogP contribution in [0.1, 0.15) is 13.8 Å². The molecule has 0 aromatic heterocycles. The normalized spacial score (nSPS) is 10.9. The molecule has 0 amide bonds. The number of nitro groups is 1. The van der Waals surface area contributed by atoms with E-state index >= 15 is 0 Å². The molecule has 12 heavy (non-hydrogen) atoms. The van der Waals surface area contributed by atoms with Crippen LogP contribution in [0.2, 0.25) is 0 Å². The van der Waals surface area contributed by atoms with Crippen molar-refractivity contribution in [3.8, 4) is 0 Å². The molecule has 70 valence electrons. The highest BCUT2D eigenvalue weighted by molar-refractivity contribution is 9.09. The quantitative estimate of drug-likeness (QED) is 0.318. The van der Waals surface area contributed by atoms with Crippen LogP contribution in [0.4, 0.5) is 0 Å². The maximum Gasteiger partial charge on any atom is 0.316 e. The molecule has 5 nitrogen and oxygen atoms in total. The Morgan fingerprint density at radius 3 is 2.50 bits per heavy atom. The second-order valence-corrected chi connectivity index (χ2v) is 3.42. The summed E-state index contributed by atoms with van der Waals surface area (Å²) in [5.41, 5.74) is -1.21. The van der Waals surface area contributed by atoms with Crippen molar-refractivity contribution in [3.63, 3.8) is 0 Å². The molecule has 0 spiro atoms. The van der Waals surface area contributed by atoms with Crippen molar-refractivity contribution in [3.05, 3.63) is 10.1 Å². The lowest BCUT2D eigenvalue weighted by Gasteiger charge is -2.14. The van der Waals surface area contributed by atoms with Gasteiger partial charge in [-0.1, -0.05) is 15.9 Å². The Bertz CT molecular complexity index is 192. The van der Waals surface area contributed by atoms with E-state index in [0.717, 1.165) is 0 Å². The monoisotopic (exact) mass is 239 g/mol. The topological polar surface area (TPSA) is 69.4 Å². The number of alkyl halides is 1. The number of rotatable bonds is 4. The van der Waals surface area contributed by atoms with Gasteiger partial charge in [0.2, 0.25) is 5.54 Å². The van der Waals surface area contributed by atoms with E-state index in [1.807, 2.05) is 0 Å². The summed E-state index contributed by atoms with van der Waals surface area (Å²) in [4.78, 5) is 20.4. The number of hydrogen-bond acceptors (Lipinski definition) is 4. The maximum atomic E-state index is 10.6. The van der Waals surface area contributed by atoms with Gasteiger partial charge in [0.15, 0.2) is 6.61 Å². The second kappa shape index (κ2) is 4.39. The minimum absolute atomic E-state index is 0.0563. The number of nitrogens with zero attached hydrogens (tertiary/aromatic N) is 1. The van der Waals surface area contributed by atoms with Gasteiger partial charge in [-0.3, -0.25) is 14.9 Å². The molecular formula is C6H10BrNO4. The highest BCUT2D eigenvalue weighted by Crippen LogP contribution is 2.07. The van der Waals surface area contributed by atoms with E-state index in [-0.39, 0.29) is 11.9 Å². The molecule has 0 aromatic carbocycles. The third kappa shape index (κ3) is 3.66. The fourth-order valence-corrected chi connectivity index (χ4v) is 0.510. The molecule has 0 fully saturated rings. The molecule has 0 rings (SSSR count). The third-order valence-corrected chi connectivity index (χ3v) is 1.65. The first kappa shape index (κ1) is 11.4. The van der Waals surface area contributed by atoms with Gasteiger partial charge in [-0.05, 0) is 0 Å². The summed E-state index contributed by atoms with van der Waals surface area (Å²) in [5, 5.41) is 10.4. The molecule has 0 saturated carbocycles. The standard InChI is InChI=1S/C6H10BrNO4/c1-6(2,8(10)11)4-12-5(9)3-7/h3-4H2,1-2H3. The van der Waals surface area contributed by atoms with Gasteiger partial charge in [-0.25, -0.2) is 0 Å². The van der Waals surface area contributed by atoms with Gasteiger partial charge >= 0.3 is 5.97 Å². The van der Waals surface area contributed by atoms with Crippen molar-refractivity contribution >= 4 is 21.9 Å². The van der Waals surface area contributed by atoms with Crippen LogP contribution in [0, 0.1) is 10.1 Å². The van der Waals surface area contributed by atoms with Gasteiger partial charge in [-0.15, -0.1) is 0 Å². The van der Waals surface area contributed by atoms with E-state index in [0.29, 0.717) is 0 Å². The Labute approximate surface area is 78.4 Å². The second-order valence-electron chi connectivity index (χ2n) is 2.86. The van der Waals surface area contributed by atoms with Gasteiger partial charge in [-0.2, -0.15) is 0 Å². The SMILES string of the molecule is CC(C)(COC(=O)CBr)[N+](=O)[O-]. The number of halogens is 1. The van der Waals surface area contributed by atoms with E-state index in [2.05, 4.69) is 20.7 Å². The Hall–Kier alpha value is -0.650. The highest BCUT2D eigenvalue weighted by Gasteiger charge is 2.32. The third-order valence-electron chi connectivity index (χ3n) is 1.19. The van der Waals surface area contributed by atoms with Crippen LogP contribution < -0.4 is 0 Å². The molecular weight excluding hydrogens is 230 g/mol. The minimum atomic E-state index is -1.21. The molecule has 0 bridgehead atoms. The van der Waals surface area contributed by atoms with Crippen molar-refractivity contribution in [2.75, 3.05) is 11.9 Å². The summed E-state index contributed by atoms with van der Waals surface area (Å²) >= 11 is 2.88. The largest absolute Gasteiger partial charge is 0.457 e. The molecule has 0 aromatic rings. The van der Waals surface area contributed by atoms with Crippen molar-refractivity contribution in [2.24, 2.45) is 0 Å². The summed E-state index contributed by atoms with van der Waals surface area (Å²) in [6, 6.07) is 0.